The van der Waals surface area contributed by atoms with Crippen LogP contribution in [0.5, 0.6) is 0 Å². The Morgan fingerprint density at radius 2 is 1.87 bits per heavy atom. The zero-order valence-corrected chi connectivity index (χ0v) is 14.6. The van der Waals surface area contributed by atoms with Crippen molar-refractivity contribution in [1.29, 1.82) is 5.26 Å². The lowest BCUT2D eigenvalue weighted by atomic mass is 10.2. The van der Waals surface area contributed by atoms with Crippen molar-refractivity contribution in [3.63, 3.8) is 0 Å². The first kappa shape index (κ1) is 17.6. The molecule has 3 nitrogen and oxygen atoms in total. The SMILES string of the molecule is N#C/C(=C/C=C/c1ccc(-c2c(Cl)ccc(Cl)c2Cl)o1)C(N)=S. The predicted octanol–water partition coefficient (Wildman–Crippen LogP) is 5.66. The monoisotopic (exact) mass is 382 g/mol. The van der Waals surface area contributed by atoms with Gasteiger partial charge in [-0.15, -0.1) is 0 Å². The first-order valence-electron chi connectivity index (χ1n) is 6.26. The van der Waals surface area contributed by atoms with Crippen LogP contribution in [0.3, 0.4) is 0 Å². The summed E-state index contributed by atoms with van der Waals surface area (Å²) in [5, 5.41) is 9.99. The Kier molecular flexibility index (Phi) is 5.86. The van der Waals surface area contributed by atoms with Crippen molar-refractivity contribution in [3.8, 4) is 17.4 Å². The number of hydrogen-bond acceptors (Lipinski definition) is 3. The third kappa shape index (κ3) is 4.15. The second-order valence-corrected chi connectivity index (χ2v) is 5.97. The molecular weight excluding hydrogens is 375 g/mol. The average Bonchev–Trinajstić information content (AvgIpc) is 2.96. The number of halogens is 3. The highest BCUT2D eigenvalue weighted by molar-refractivity contribution is 7.80. The van der Waals surface area contributed by atoms with Gasteiger partial charge in [0, 0.05) is 0 Å². The highest BCUT2D eigenvalue weighted by atomic mass is 35.5. The summed E-state index contributed by atoms with van der Waals surface area (Å²) in [5.74, 6) is 1.03. The lowest BCUT2D eigenvalue weighted by Gasteiger charge is -2.05. The molecule has 1 aromatic heterocycles. The molecule has 0 bridgehead atoms. The maximum Gasteiger partial charge on any atom is 0.137 e. The van der Waals surface area contributed by atoms with E-state index in [2.05, 4.69) is 0 Å². The second kappa shape index (κ2) is 7.67. The molecule has 2 aromatic rings. The fraction of sp³-hybridized carbons (Fsp3) is 0. The maximum atomic E-state index is 8.85. The van der Waals surface area contributed by atoms with Crippen LogP contribution in [0, 0.1) is 11.3 Å². The van der Waals surface area contributed by atoms with Gasteiger partial charge < -0.3 is 10.2 Å². The molecule has 1 heterocycles. The van der Waals surface area contributed by atoms with E-state index in [4.69, 9.17) is 62.4 Å². The van der Waals surface area contributed by atoms with Gasteiger partial charge in [0.2, 0.25) is 0 Å². The standard InChI is InChI=1S/C16H9Cl3N2OS/c17-11-5-6-12(18)15(19)14(11)13-7-4-10(22-13)3-1-2-9(8-20)16(21)23/h1-7H,(H2,21,23)/b3-1+,9-2-. The van der Waals surface area contributed by atoms with Crippen molar-refractivity contribution >= 4 is 58.1 Å². The van der Waals surface area contributed by atoms with E-state index in [0.29, 0.717) is 32.2 Å². The molecule has 0 saturated heterocycles. The van der Waals surface area contributed by atoms with Gasteiger partial charge >= 0.3 is 0 Å². The second-order valence-electron chi connectivity index (χ2n) is 4.34. The van der Waals surface area contributed by atoms with Gasteiger partial charge in [-0.05, 0) is 36.4 Å². The number of hydrogen-bond donors (Lipinski definition) is 1. The minimum Gasteiger partial charge on any atom is -0.457 e. The average molecular weight is 384 g/mol. The summed E-state index contributed by atoms with van der Waals surface area (Å²) in [6, 6.07) is 8.63. The number of rotatable bonds is 4. The van der Waals surface area contributed by atoms with Crippen LogP contribution in [-0.4, -0.2) is 4.99 Å². The molecule has 0 amide bonds. The number of thiocarbonyl (C=S) groups is 1. The molecule has 0 atom stereocenters. The van der Waals surface area contributed by atoms with Crippen molar-refractivity contribution in [2.45, 2.75) is 0 Å². The minimum atomic E-state index is 0.0368. The first-order chi connectivity index (χ1) is 10.9. The van der Waals surface area contributed by atoms with Crippen molar-refractivity contribution in [2.75, 3.05) is 0 Å². The molecule has 2 N–H and O–H groups in total. The predicted molar refractivity (Wildman–Crippen MR) is 98.7 cm³/mol. The van der Waals surface area contributed by atoms with Crippen LogP contribution < -0.4 is 5.73 Å². The van der Waals surface area contributed by atoms with E-state index in [-0.39, 0.29) is 10.6 Å². The molecule has 0 spiro atoms. The molecule has 1 aromatic carbocycles. The van der Waals surface area contributed by atoms with Crippen LogP contribution in [0.2, 0.25) is 15.1 Å². The summed E-state index contributed by atoms with van der Waals surface area (Å²) >= 11 is 23.1. The molecule has 0 aliphatic carbocycles. The summed E-state index contributed by atoms with van der Waals surface area (Å²) in [7, 11) is 0. The van der Waals surface area contributed by atoms with Crippen LogP contribution >= 0.6 is 47.0 Å². The highest BCUT2D eigenvalue weighted by Gasteiger charge is 2.14. The van der Waals surface area contributed by atoms with Gasteiger partial charge in [-0.2, -0.15) is 5.26 Å². The normalized spacial score (nSPS) is 11.7. The molecule has 0 fully saturated rings. The molecule has 2 rings (SSSR count). The third-order valence-corrected chi connectivity index (χ3v) is 4.17. The summed E-state index contributed by atoms with van der Waals surface area (Å²) in [4.78, 5) is 0.0368. The topological polar surface area (TPSA) is 63.0 Å². The number of benzene rings is 1. The van der Waals surface area contributed by atoms with E-state index in [1.165, 1.54) is 6.08 Å². The Hall–Kier alpha value is -1.77. The summed E-state index contributed by atoms with van der Waals surface area (Å²) < 4.78 is 5.67. The fourth-order valence-electron chi connectivity index (χ4n) is 1.74. The molecule has 0 unspecified atom stereocenters. The van der Waals surface area contributed by atoms with Crippen molar-refractivity contribution in [2.24, 2.45) is 5.73 Å². The molecule has 7 heteroatoms. The Balaban J connectivity index is 2.31. The smallest absolute Gasteiger partial charge is 0.137 e. The molecule has 0 aliphatic rings. The van der Waals surface area contributed by atoms with E-state index in [9.17, 15) is 0 Å². The van der Waals surface area contributed by atoms with E-state index in [0.717, 1.165) is 0 Å². The van der Waals surface area contributed by atoms with Gasteiger partial charge in [0.05, 0.1) is 26.2 Å². The molecule has 0 radical (unpaired) electrons. The number of allylic oxidation sites excluding steroid dienone is 2. The Bertz CT molecular complexity index is 863. The van der Waals surface area contributed by atoms with E-state index in [1.807, 2.05) is 6.07 Å². The maximum absolute atomic E-state index is 8.85. The van der Waals surface area contributed by atoms with Gasteiger partial charge in [-0.3, -0.25) is 0 Å². The van der Waals surface area contributed by atoms with Gasteiger partial charge in [0.25, 0.3) is 0 Å². The molecule has 23 heavy (non-hydrogen) atoms. The molecule has 0 saturated carbocycles. The van der Waals surface area contributed by atoms with E-state index in [1.54, 1.807) is 36.4 Å². The van der Waals surface area contributed by atoms with Gasteiger partial charge in [-0.1, -0.05) is 53.1 Å². The van der Waals surface area contributed by atoms with Crippen LogP contribution in [0.15, 0.2) is 46.4 Å². The van der Waals surface area contributed by atoms with Crippen molar-refractivity contribution < 1.29 is 4.42 Å². The summed E-state index contributed by atoms with van der Waals surface area (Å²) in [5.41, 5.74) is 6.13. The van der Waals surface area contributed by atoms with Crippen LogP contribution in [0.25, 0.3) is 17.4 Å². The van der Waals surface area contributed by atoms with Crippen LogP contribution in [-0.2, 0) is 0 Å². The Morgan fingerprint density at radius 3 is 2.52 bits per heavy atom. The van der Waals surface area contributed by atoms with Crippen molar-refractivity contribution in [1.82, 2.24) is 0 Å². The number of furan rings is 1. The lowest BCUT2D eigenvalue weighted by Crippen LogP contribution is -2.09. The summed E-state index contributed by atoms with van der Waals surface area (Å²) in [6.45, 7) is 0. The fourth-order valence-corrected chi connectivity index (χ4v) is 2.57. The summed E-state index contributed by atoms with van der Waals surface area (Å²) in [6.07, 6.45) is 4.77. The molecule has 116 valence electrons. The Morgan fingerprint density at radius 1 is 1.17 bits per heavy atom. The highest BCUT2D eigenvalue weighted by Crippen LogP contribution is 2.39. The minimum absolute atomic E-state index is 0.0368. The third-order valence-electron chi connectivity index (χ3n) is 2.83. The number of nitrogens with zero attached hydrogens (tertiary/aromatic N) is 1. The lowest BCUT2D eigenvalue weighted by molar-refractivity contribution is 0.572. The Labute approximate surface area is 153 Å². The van der Waals surface area contributed by atoms with E-state index < -0.39 is 0 Å². The van der Waals surface area contributed by atoms with Crippen LogP contribution in [0.1, 0.15) is 5.76 Å². The molecular formula is C16H9Cl3N2OS. The van der Waals surface area contributed by atoms with Gasteiger partial charge in [0.1, 0.15) is 22.6 Å². The van der Waals surface area contributed by atoms with Gasteiger partial charge in [-0.25, -0.2) is 0 Å². The number of nitrogens with two attached hydrogens (primary N) is 1. The van der Waals surface area contributed by atoms with Crippen molar-refractivity contribution in [3.05, 3.63) is 62.8 Å². The zero-order valence-electron chi connectivity index (χ0n) is 11.5. The number of nitriles is 1. The van der Waals surface area contributed by atoms with Gasteiger partial charge in [0.15, 0.2) is 0 Å². The first-order valence-corrected chi connectivity index (χ1v) is 7.80. The van der Waals surface area contributed by atoms with Crippen LogP contribution in [0.4, 0.5) is 0 Å². The van der Waals surface area contributed by atoms with E-state index >= 15 is 0 Å². The molecule has 0 aliphatic heterocycles. The zero-order chi connectivity index (χ0) is 17.0. The largest absolute Gasteiger partial charge is 0.457 e. The quantitative estimate of drug-likeness (QED) is 0.243.